The number of amidine groups is 1. The van der Waals surface area contributed by atoms with Crippen LogP contribution in [0.15, 0.2) is 51.6 Å². The van der Waals surface area contributed by atoms with E-state index in [1.54, 1.807) is 7.11 Å². The molecule has 1 amide bonds. The summed E-state index contributed by atoms with van der Waals surface area (Å²) >= 11 is 1.49. The van der Waals surface area contributed by atoms with Crippen molar-refractivity contribution >= 4 is 28.8 Å². The number of methoxy groups -OCH3 is 2. The average molecular weight is 482 g/mol. The monoisotopic (exact) mass is 481 g/mol. The van der Waals surface area contributed by atoms with Crippen molar-refractivity contribution in [3.8, 4) is 5.75 Å². The number of amides is 1. The summed E-state index contributed by atoms with van der Waals surface area (Å²) in [6.07, 6.45) is 5.69. The number of esters is 1. The Bertz CT molecular complexity index is 1100. The van der Waals surface area contributed by atoms with Crippen LogP contribution < -0.4 is 10.1 Å². The van der Waals surface area contributed by atoms with Crippen LogP contribution in [0.4, 0.5) is 0 Å². The van der Waals surface area contributed by atoms with Crippen molar-refractivity contribution in [2.24, 2.45) is 16.8 Å². The normalized spacial score (nSPS) is 27.3. The van der Waals surface area contributed by atoms with E-state index in [-0.39, 0.29) is 18.4 Å². The van der Waals surface area contributed by atoms with E-state index in [0.717, 1.165) is 28.8 Å². The van der Waals surface area contributed by atoms with E-state index in [1.165, 1.54) is 38.1 Å². The SMILES string of the molecule is CCC1=C(C(=O)OC)C(c2ccccc2OC)N2C(CC(=O)NC3CC4CCC3C4)=CSC2=N1. The largest absolute Gasteiger partial charge is 0.496 e. The first-order valence-electron chi connectivity index (χ1n) is 12.0. The van der Waals surface area contributed by atoms with Crippen molar-refractivity contribution < 1.29 is 19.1 Å². The molecule has 2 heterocycles. The molecular formula is C26H31N3O4S. The smallest absolute Gasteiger partial charge is 0.338 e. The lowest BCUT2D eigenvalue weighted by atomic mass is 9.92. The van der Waals surface area contributed by atoms with Crippen molar-refractivity contribution in [2.75, 3.05) is 14.2 Å². The van der Waals surface area contributed by atoms with Gasteiger partial charge in [-0.25, -0.2) is 9.79 Å². The van der Waals surface area contributed by atoms with Crippen LogP contribution in [-0.2, 0) is 14.3 Å². The summed E-state index contributed by atoms with van der Waals surface area (Å²) in [6, 6.07) is 7.48. The lowest BCUT2D eigenvalue weighted by Crippen LogP contribution is -2.41. The number of benzene rings is 1. The second-order valence-corrected chi connectivity index (χ2v) is 10.2. The second-order valence-electron chi connectivity index (χ2n) is 9.37. The zero-order valence-electron chi connectivity index (χ0n) is 19.9. The van der Waals surface area contributed by atoms with Crippen LogP contribution >= 0.6 is 11.8 Å². The number of thioether (sulfide) groups is 1. The number of carbonyl (C=O) groups is 2. The van der Waals surface area contributed by atoms with Gasteiger partial charge in [0.15, 0.2) is 5.17 Å². The zero-order chi connectivity index (χ0) is 23.8. The number of aliphatic imine (C=N–C) groups is 1. The van der Waals surface area contributed by atoms with E-state index in [9.17, 15) is 9.59 Å². The predicted molar refractivity (Wildman–Crippen MR) is 132 cm³/mol. The van der Waals surface area contributed by atoms with Crippen LogP contribution in [0.25, 0.3) is 0 Å². The standard InChI is InChI=1S/C26H31N3O4S/c1-4-19-23(25(31)33-3)24(18-7-5-6-8-21(18)32-2)29-17(14-34-26(29)28-19)13-22(30)27-20-12-15-9-10-16(20)11-15/h5-8,14-16,20,24H,4,9-13H2,1-3H3,(H,27,30). The minimum atomic E-state index is -0.484. The molecule has 2 bridgehead atoms. The van der Waals surface area contributed by atoms with Gasteiger partial charge in [-0.2, -0.15) is 0 Å². The molecule has 180 valence electrons. The van der Waals surface area contributed by atoms with Gasteiger partial charge < -0.3 is 19.7 Å². The molecule has 4 aliphatic rings. The maximum absolute atomic E-state index is 13.1. The Labute approximate surface area is 204 Å². The van der Waals surface area contributed by atoms with E-state index in [4.69, 9.17) is 14.5 Å². The van der Waals surface area contributed by atoms with Crippen LogP contribution in [0.1, 0.15) is 57.1 Å². The molecule has 0 saturated heterocycles. The molecular weight excluding hydrogens is 450 g/mol. The van der Waals surface area contributed by atoms with Gasteiger partial charge in [0.1, 0.15) is 5.75 Å². The molecule has 0 spiro atoms. The predicted octanol–water partition coefficient (Wildman–Crippen LogP) is 4.53. The van der Waals surface area contributed by atoms with Crippen molar-refractivity contribution in [2.45, 2.75) is 57.5 Å². The number of fused-ring (bicyclic) bond motifs is 3. The third kappa shape index (κ3) is 4.02. The van der Waals surface area contributed by atoms with E-state index in [2.05, 4.69) is 5.32 Å². The Morgan fingerprint density at radius 2 is 2.03 bits per heavy atom. The molecule has 1 aromatic rings. The molecule has 34 heavy (non-hydrogen) atoms. The summed E-state index contributed by atoms with van der Waals surface area (Å²) in [5, 5.41) is 6.04. The summed E-state index contributed by atoms with van der Waals surface area (Å²) in [7, 11) is 3.01. The molecule has 7 nitrogen and oxygen atoms in total. The molecule has 0 aromatic heterocycles. The quantitative estimate of drug-likeness (QED) is 0.577. The highest BCUT2D eigenvalue weighted by Gasteiger charge is 2.43. The van der Waals surface area contributed by atoms with Gasteiger partial charge in [0.2, 0.25) is 5.91 Å². The molecule has 5 rings (SSSR count). The maximum Gasteiger partial charge on any atom is 0.338 e. The number of para-hydroxylation sites is 1. The fourth-order valence-corrected chi connectivity index (χ4v) is 6.88. The number of hydrogen-bond donors (Lipinski definition) is 1. The van der Waals surface area contributed by atoms with E-state index < -0.39 is 12.0 Å². The van der Waals surface area contributed by atoms with Gasteiger partial charge in [0.05, 0.1) is 38.0 Å². The highest BCUT2D eigenvalue weighted by molar-refractivity contribution is 8.16. The third-order valence-corrected chi connectivity index (χ3v) is 8.38. The molecule has 2 aliphatic carbocycles. The van der Waals surface area contributed by atoms with E-state index in [1.807, 2.05) is 41.5 Å². The van der Waals surface area contributed by atoms with Gasteiger partial charge in [0.25, 0.3) is 0 Å². The molecule has 2 saturated carbocycles. The van der Waals surface area contributed by atoms with Gasteiger partial charge in [-0.3, -0.25) is 4.79 Å². The van der Waals surface area contributed by atoms with Crippen LogP contribution in [0.2, 0.25) is 0 Å². The van der Waals surface area contributed by atoms with Gasteiger partial charge >= 0.3 is 5.97 Å². The average Bonchev–Trinajstić information content (AvgIpc) is 3.58. The first-order valence-corrected chi connectivity index (χ1v) is 12.9. The third-order valence-electron chi connectivity index (χ3n) is 7.49. The molecule has 2 fully saturated rings. The maximum atomic E-state index is 13.1. The minimum absolute atomic E-state index is 0.0225. The van der Waals surface area contributed by atoms with Crippen LogP contribution in [0, 0.1) is 11.8 Å². The lowest BCUT2D eigenvalue weighted by Gasteiger charge is -2.37. The topological polar surface area (TPSA) is 80.2 Å². The Balaban J connectivity index is 1.47. The van der Waals surface area contributed by atoms with Crippen molar-refractivity contribution in [1.82, 2.24) is 10.2 Å². The number of allylic oxidation sites excluding steroid dienone is 1. The van der Waals surface area contributed by atoms with E-state index in [0.29, 0.717) is 29.4 Å². The minimum Gasteiger partial charge on any atom is -0.496 e. The highest BCUT2D eigenvalue weighted by atomic mass is 32.2. The molecule has 2 aliphatic heterocycles. The summed E-state index contributed by atoms with van der Waals surface area (Å²) in [6.45, 7) is 1.98. The number of carbonyl (C=O) groups excluding carboxylic acids is 2. The van der Waals surface area contributed by atoms with Crippen molar-refractivity contribution in [3.05, 3.63) is 52.2 Å². The molecule has 8 heteroatoms. The Kier molecular flexibility index (Phi) is 6.42. The zero-order valence-corrected chi connectivity index (χ0v) is 20.7. The number of ether oxygens (including phenoxy) is 2. The Hall–Kier alpha value is -2.74. The van der Waals surface area contributed by atoms with Crippen molar-refractivity contribution in [3.63, 3.8) is 0 Å². The van der Waals surface area contributed by atoms with Gasteiger partial charge in [-0.15, -0.1) is 0 Å². The number of rotatable bonds is 7. The van der Waals surface area contributed by atoms with Crippen LogP contribution in [-0.4, -0.2) is 42.2 Å². The summed E-state index contributed by atoms with van der Waals surface area (Å²) in [5.41, 5.74) is 2.85. The molecule has 4 unspecified atom stereocenters. The second kappa shape index (κ2) is 9.49. The lowest BCUT2D eigenvalue weighted by molar-refractivity contribution is -0.136. The molecule has 1 N–H and O–H groups in total. The summed E-state index contributed by atoms with van der Waals surface area (Å²) in [5.74, 6) is 1.67. The van der Waals surface area contributed by atoms with Gasteiger partial charge in [0, 0.05) is 17.3 Å². The highest BCUT2D eigenvalue weighted by Crippen LogP contribution is 2.48. The van der Waals surface area contributed by atoms with E-state index >= 15 is 0 Å². The first kappa shape index (κ1) is 23.0. The fraction of sp³-hybridized carbons (Fsp3) is 0.500. The first-order chi connectivity index (χ1) is 16.5. The summed E-state index contributed by atoms with van der Waals surface area (Å²) < 4.78 is 10.9. The number of hydrogen-bond acceptors (Lipinski definition) is 7. The van der Waals surface area contributed by atoms with Crippen molar-refractivity contribution in [1.29, 1.82) is 0 Å². The fourth-order valence-electron chi connectivity index (χ4n) is 5.94. The Morgan fingerprint density at radius 3 is 2.71 bits per heavy atom. The number of nitrogens with one attached hydrogen (secondary N) is 1. The van der Waals surface area contributed by atoms with Gasteiger partial charge in [-0.1, -0.05) is 43.3 Å². The molecule has 4 atom stereocenters. The van der Waals surface area contributed by atoms with Crippen LogP contribution in [0.5, 0.6) is 5.75 Å². The van der Waals surface area contributed by atoms with Crippen LogP contribution in [0.3, 0.4) is 0 Å². The Morgan fingerprint density at radius 1 is 1.21 bits per heavy atom. The van der Waals surface area contributed by atoms with Gasteiger partial charge in [-0.05, 0) is 49.0 Å². The molecule has 1 aromatic carbocycles. The number of nitrogens with zero attached hydrogens (tertiary/aromatic N) is 2. The summed E-state index contributed by atoms with van der Waals surface area (Å²) in [4.78, 5) is 32.9. The molecule has 0 radical (unpaired) electrons.